The highest BCUT2D eigenvalue weighted by Crippen LogP contribution is 2.28. The summed E-state index contributed by atoms with van der Waals surface area (Å²) in [6.07, 6.45) is -1.13. The van der Waals surface area contributed by atoms with Crippen LogP contribution in [0.25, 0.3) is 10.9 Å². The van der Waals surface area contributed by atoms with Crippen molar-refractivity contribution in [1.82, 2.24) is 14.9 Å². The number of amides is 1. The van der Waals surface area contributed by atoms with Crippen LogP contribution in [0, 0.1) is 0 Å². The summed E-state index contributed by atoms with van der Waals surface area (Å²) in [6, 6.07) is 9.70. The molecule has 0 spiro atoms. The molecule has 1 unspecified atom stereocenters. The summed E-state index contributed by atoms with van der Waals surface area (Å²) >= 11 is 0. The van der Waals surface area contributed by atoms with Crippen molar-refractivity contribution in [3.63, 3.8) is 0 Å². The quantitative estimate of drug-likeness (QED) is 0.744. The molecular weight excluding hydrogens is 371 g/mol. The van der Waals surface area contributed by atoms with Gasteiger partial charge >= 0.3 is 6.18 Å². The van der Waals surface area contributed by atoms with E-state index < -0.39 is 17.8 Å². The van der Waals surface area contributed by atoms with E-state index in [0.29, 0.717) is 26.2 Å². The number of carbonyl (C=O) groups is 1. The molecule has 0 bridgehead atoms. The number of nitrogens with zero attached hydrogens (tertiary/aromatic N) is 2. The highest BCUT2D eigenvalue weighted by Gasteiger charge is 2.34. The van der Waals surface area contributed by atoms with Crippen molar-refractivity contribution in [2.75, 3.05) is 19.8 Å². The second-order valence-electron chi connectivity index (χ2n) is 6.72. The summed E-state index contributed by atoms with van der Waals surface area (Å²) in [7, 11) is 0. The molecule has 8 heteroatoms. The molecule has 5 nitrogen and oxygen atoms in total. The number of nitrogens with one attached hydrogen (secondary N) is 1. The van der Waals surface area contributed by atoms with Crippen molar-refractivity contribution < 1.29 is 22.7 Å². The van der Waals surface area contributed by atoms with Crippen molar-refractivity contribution in [2.45, 2.75) is 18.6 Å². The molecule has 1 fully saturated rings. The van der Waals surface area contributed by atoms with Gasteiger partial charge in [0.25, 0.3) is 5.91 Å². The summed E-state index contributed by atoms with van der Waals surface area (Å²) in [6.45, 7) is 1.02. The summed E-state index contributed by atoms with van der Waals surface area (Å²) in [5.74, 6) is -0.443. The molecule has 1 aromatic carbocycles. The lowest BCUT2D eigenvalue weighted by Crippen LogP contribution is -2.49. The first-order chi connectivity index (χ1) is 13.4. The molecule has 0 aliphatic carbocycles. The van der Waals surface area contributed by atoms with Crippen LogP contribution in [0.3, 0.4) is 0 Å². The number of hydrogen-bond acceptors (Lipinski definition) is 3. The van der Waals surface area contributed by atoms with Crippen LogP contribution in [0.1, 0.15) is 21.6 Å². The van der Waals surface area contributed by atoms with Crippen molar-refractivity contribution >= 4 is 16.8 Å². The molecule has 1 aliphatic heterocycles. The maximum atomic E-state index is 12.9. The lowest BCUT2D eigenvalue weighted by molar-refractivity contribution is -0.141. The lowest BCUT2D eigenvalue weighted by atomic mass is 10.0. The first kappa shape index (κ1) is 18.5. The second-order valence-corrected chi connectivity index (χ2v) is 6.72. The molecule has 2 aromatic heterocycles. The first-order valence-corrected chi connectivity index (χ1v) is 8.90. The molecule has 0 saturated carbocycles. The molecule has 1 saturated heterocycles. The fourth-order valence-corrected chi connectivity index (χ4v) is 3.53. The Bertz CT molecular complexity index is 1000. The minimum Gasteiger partial charge on any atom is -0.377 e. The second kappa shape index (κ2) is 7.27. The Kier molecular flexibility index (Phi) is 4.80. The van der Waals surface area contributed by atoms with E-state index in [4.69, 9.17) is 4.74 Å². The molecule has 1 N–H and O–H groups in total. The van der Waals surface area contributed by atoms with Crippen LogP contribution in [-0.4, -0.2) is 46.6 Å². The number of morpholine rings is 1. The van der Waals surface area contributed by atoms with Crippen molar-refractivity contribution in [1.29, 1.82) is 0 Å². The number of aromatic nitrogens is 2. The third-order valence-electron chi connectivity index (χ3n) is 4.92. The van der Waals surface area contributed by atoms with Gasteiger partial charge in [-0.05, 0) is 30.2 Å². The highest BCUT2D eigenvalue weighted by atomic mass is 19.4. The van der Waals surface area contributed by atoms with Gasteiger partial charge in [0.1, 0.15) is 5.69 Å². The molecule has 1 atom stereocenters. The number of alkyl halides is 3. The molecule has 0 radical (unpaired) electrons. The number of rotatable bonds is 3. The Labute approximate surface area is 159 Å². The van der Waals surface area contributed by atoms with E-state index in [9.17, 15) is 18.0 Å². The van der Waals surface area contributed by atoms with Gasteiger partial charge in [-0.2, -0.15) is 13.2 Å². The van der Waals surface area contributed by atoms with Gasteiger partial charge in [-0.3, -0.25) is 9.78 Å². The number of benzene rings is 1. The maximum Gasteiger partial charge on any atom is 0.433 e. The summed E-state index contributed by atoms with van der Waals surface area (Å²) in [4.78, 5) is 21.1. The zero-order valence-corrected chi connectivity index (χ0v) is 14.9. The number of fused-ring (bicyclic) bond motifs is 1. The Morgan fingerprint density at radius 1 is 1.29 bits per heavy atom. The predicted octanol–water partition coefficient (Wildman–Crippen LogP) is 3.67. The van der Waals surface area contributed by atoms with Crippen LogP contribution < -0.4 is 0 Å². The standard InChI is InChI=1S/C20H18F3N3O2/c21-20(22,23)18-10-13(5-6-24-18)19(27)26-7-8-28-12-15(26)9-14-11-25-17-4-2-1-3-16(14)17/h1-6,10-11,15,25H,7-9,12H2. The van der Waals surface area contributed by atoms with Crippen LogP contribution in [0.15, 0.2) is 48.8 Å². The van der Waals surface area contributed by atoms with Crippen LogP contribution in [0.4, 0.5) is 13.2 Å². The fourth-order valence-electron chi connectivity index (χ4n) is 3.53. The van der Waals surface area contributed by atoms with E-state index in [1.165, 1.54) is 6.07 Å². The highest BCUT2D eigenvalue weighted by molar-refractivity contribution is 5.94. The molecule has 3 aromatic rings. The SMILES string of the molecule is O=C(c1ccnc(C(F)(F)F)c1)N1CCOCC1Cc1c[nH]c2ccccc12. The normalized spacial score (nSPS) is 17.8. The predicted molar refractivity (Wildman–Crippen MR) is 96.9 cm³/mol. The Morgan fingerprint density at radius 3 is 2.93 bits per heavy atom. The number of H-pyrrole nitrogens is 1. The summed E-state index contributed by atoms with van der Waals surface area (Å²) < 4.78 is 44.4. The van der Waals surface area contributed by atoms with Crippen molar-refractivity contribution in [3.8, 4) is 0 Å². The molecule has 4 rings (SSSR count). The smallest absolute Gasteiger partial charge is 0.377 e. The Morgan fingerprint density at radius 2 is 2.11 bits per heavy atom. The van der Waals surface area contributed by atoms with E-state index in [0.717, 1.165) is 28.7 Å². The number of carbonyl (C=O) groups excluding carboxylic acids is 1. The number of aromatic amines is 1. The van der Waals surface area contributed by atoms with E-state index in [2.05, 4.69) is 9.97 Å². The van der Waals surface area contributed by atoms with Gasteiger partial charge in [0.15, 0.2) is 0 Å². The number of halogens is 3. The van der Waals surface area contributed by atoms with Gasteiger partial charge in [-0.1, -0.05) is 18.2 Å². The summed E-state index contributed by atoms with van der Waals surface area (Å²) in [5.41, 5.74) is 0.943. The number of para-hydroxylation sites is 1. The third kappa shape index (κ3) is 3.60. The third-order valence-corrected chi connectivity index (χ3v) is 4.92. The van der Waals surface area contributed by atoms with E-state index in [1.54, 1.807) is 4.90 Å². The largest absolute Gasteiger partial charge is 0.433 e. The molecule has 1 aliphatic rings. The molecular formula is C20H18F3N3O2. The minimum atomic E-state index is -4.59. The van der Waals surface area contributed by atoms with Crippen LogP contribution in [0.5, 0.6) is 0 Å². The Balaban J connectivity index is 1.59. The van der Waals surface area contributed by atoms with E-state index in [-0.39, 0.29) is 11.6 Å². The number of hydrogen-bond donors (Lipinski definition) is 1. The monoisotopic (exact) mass is 389 g/mol. The lowest BCUT2D eigenvalue weighted by Gasteiger charge is -2.35. The summed E-state index contributed by atoms with van der Waals surface area (Å²) in [5, 5.41) is 1.06. The van der Waals surface area contributed by atoms with Crippen LogP contribution in [-0.2, 0) is 17.3 Å². The van der Waals surface area contributed by atoms with Gasteiger partial charge in [0.05, 0.1) is 19.3 Å². The van der Waals surface area contributed by atoms with E-state index in [1.807, 2.05) is 30.5 Å². The van der Waals surface area contributed by atoms with Crippen LogP contribution in [0.2, 0.25) is 0 Å². The van der Waals surface area contributed by atoms with Crippen LogP contribution >= 0.6 is 0 Å². The molecule has 1 amide bonds. The van der Waals surface area contributed by atoms with Gasteiger partial charge in [-0.25, -0.2) is 0 Å². The zero-order chi connectivity index (χ0) is 19.7. The van der Waals surface area contributed by atoms with Gasteiger partial charge in [-0.15, -0.1) is 0 Å². The average Bonchev–Trinajstić information content (AvgIpc) is 3.10. The molecule has 3 heterocycles. The van der Waals surface area contributed by atoms with Gasteiger partial charge in [0.2, 0.25) is 0 Å². The first-order valence-electron chi connectivity index (χ1n) is 8.90. The maximum absolute atomic E-state index is 12.9. The molecule has 146 valence electrons. The zero-order valence-electron chi connectivity index (χ0n) is 14.9. The van der Waals surface area contributed by atoms with Gasteiger partial charge in [0, 0.05) is 35.4 Å². The Hall–Kier alpha value is -2.87. The fraction of sp³-hybridized carbons (Fsp3) is 0.300. The van der Waals surface area contributed by atoms with Gasteiger partial charge < -0.3 is 14.6 Å². The average molecular weight is 389 g/mol. The topological polar surface area (TPSA) is 58.2 Å². The van der Waals surface area contributed by atoms with Crippen molar-refractivity contribution in [2.24, 2.45) is 0 Å². The number of pyridine rings is 1. The van der Waals surface area contributed by atoms with E-state index >= 15 is 0 Å². The van der Waals surface area contributed by atoms with Crippen molar-refractivity contribution in [3.05, 3.63) is 65.6 Å². The number of ether oxygens (including phenoxy) is 1. The minimum absolute atomic E-state index is 0.0202. The molecule has 28 heavy (non-hydrogen) atoms.